The van der Waals surface area contributed by atoms with Gasteiger partial charge in [-0.05, 0) is 43.7 Å². The van der Waals surface area contributed by atoms with Gasteiger partial charge in [-0.25, -0.2) is 12.4 Å². The lowest BCUT2D eigenvalue weighted by atomic mass is 10.2. The maximum atomic E-state index is 12.7. The number of hydrogen-bond acceptors (Lipinski definition) is 3. The summed E-state index contributed by atoms with van der Waals surface area (Å²) in [5.74, 6) is 0. The smallest absolute Gasteiger partial charge is 0.255 e. The van der Waals surface area contributed by atoms with Crippen LogP contribution < -0.4 is 0 Å². The third-order valence-electron chi connectivity index (χ3n) is 3.32. The SMILES string of the molecule is Cc1ccc(S(=O)(=O)n2ccc3nccc(C)c32)cc1. The predicted octanol–water partition coefficient (Wildman–Crippen LogP) is 2.89. The number of rotatable bonds is 2. The second kappa shape index (κ2) is 4.45. The van der Waals surface area contributed by atoms with E-state index in [1.165, 1.54) is 3.97 Å². The maximum absolute atomic E-state index is 12.7. The quantitative estimate of drug-likeness (QED) is 0.728. The Kier molecular flexibility index (Phi) is 2.87. The van der Waals surface area contributed by atoms with E-state index in [1.807, 2.05) is 19.9 Å². The van der Waals surface area contributed by atoms with Crippen LogP contribution in [0.15, 0.2) is 53.7 Å². The van der Waals surface area contributed by atoms with Gasteiger partial charge in [0.15, 0.2) is 0 Å². The number of hydrogen-bond donors (Lipinski definition) is 0. The minimum Gasteiger partial charge on any atom is -0.255 e. The van der Waals surface area contributed by atoms with Crippen molar-refractivity contribution in [3.8, 4) is 0 Å². The molecule has 0 aliphatic rings. The fourth-order valence-corrected chi connectivity index (χ4v) is 3.62. The molecule has 2 aromatic heterocycles. The molecule has 0 saturated heterocycles. The standard InChI is InChI=1S/C15H14N2O2S/c1-11-3-5-13(6-4-11)20(18,19)17-10-8-14-15(17)12(2)7-9-16-14/h3-10H,1-2H3. The number of benzene rings is 1. The number of pyridine rings is 1. The molecule has 0 N–H and O–H groups in total. The summed E-state index contributed by atoms with van der Waals surface area (Å²) in [4.78, 5) is 4.48. The van der Waals surface area contributed by atoms with E-state index < -0.39 is 10.0 Å². The highest BCUT2D eigenvalue weighted by molar-refractivity contribution is 7.90. The van der Waals surface area contributed by atoms with E-state index in [1.54, 1.807) is 42.7 Å². The predicted molar refractivity (Wildman–Crippen MR) is 78.2 cm³/mol. The topological polar surface area (TPSA) is 52.0 Å². The highest BCUT2D eigenvalue weighted by Crippen LogP contribution is 2.23. The van der Waals surface area contributed by atoms with E-state index in [4.69, 9.17) is 0 Å². The van der Waals surface area contributed by atoms with Gasteiger partial charge in [0, 0.05) is 12.4 Å². The molecule has 0 aliphatic heterocycles. The van der Waals surface area contributed by atoms with E-state index >= 15 is 0 Å². The molecule has 2 heterocycles. The van der Waals surface area contributed by atoms with Gasteiger partial charge in [0.2, 0.25) is 0 Å². The zero-order valence-corrected chi connectivity index (χ0v) is 12.1. The van der Waals surface area contributed by atoms with Crippen molar-refractivity contribution >= 4 is 21.1 Å². The van der Waals surface area contributed by atoms with Gasteiger partial charge in [-0.2, -0.15) is 0 Å². The maximum Gasteiger partial charge on any atom is 0.268 e. The van der Waals surface area contributed by atoms with Crippen LogP contribution >= 0.6 is 0 Å². The molecule has 3 aromatic rings. The van der Waals surface area contributed by atoms with Crippen molar-refractivity contribution in [3.63, 3.8) is 0 Å². The zero-order chi connectivity index (χ0) is 14.3. The van der Waals surface area contributed by atoms with Crippen LogP contribution in [0.25, 0.3) is 11.0 Å². The molecule has 102 valence electrons. The number of aromatic nitrogens is 2. The zero-order valence-electron chi connectivity index (χ0n) is 11.2. The minimum absolute atomic E-state index is 0.281. The lowest BCUT2D eigenvalue weighted by Crippen LogP contribution is -2.12. The second-order valence-electron chi connectivity index (χ2n) is 4.79. The van der Waals surface area contributed by atoms with Crippen LogP contribution in [0, 0.1) is 13.8 Å². The van der Waals surface area contributed by atoms with Crippen molar-refractivity contribution in [1.82, 2.24) is 8.96 Å². The lowest BCUT2D eigenvalue weighted by Gasteiger charge is -2.09. The van der Waals surface area contributed by atoms with Crippen LogP contribution in [0.1, 0.15) is 11.1 Å². The molecular formula is C15H14N2O2S. The molecule has 0 unspecified atom stereocenters. The molecule has 4 nitrogen and oxygen atoms in total. The summed E-state index contributed by atoms with van der Waals surface area (Å²) in [6, 6.07) is 10.4. The fourth-order valence-electron chi connectivity index (χ4n) is 2.22. The minimum atomic E-state index is -3.58. The molecule has 5 heteroatoms. The van der Waals surface area contributed by atoms with E-state index in [9.17, 15) is 8.42 Å². The monoisotopic (exact) mass is 286 g/mol. The van der Waals surface area contributed by atoms with Gasteiger partial charge < -0.3 is 0 Å². The molecule has 0 saturated carbocycles. The first-order valence-corrected chi connectivity index (χ1v) is 7.69. The normalized spacial score (nSPS) is 11.9. The summed E-state index contributed by atoms with van der Waals surface area (Å²) in [6.45, 7) is 3.81. The van der Waals surface area contributed by atoms with Crippen LogP contribution in [-0.4, -0.2) is 17.4 Å². The van der Waals surface area contributed by atoms with Gasteiger partial charge in [-0.1, -0.05) is 17.7 Å². The van der Waals surface area contributed by atoms with E-state index in [2.05, 4.69) is 4.98 Å². The average molecular weight is 286 g/mol. The lowest BCUT2D eigenvalue weighted by molar-refractivity contribution is 0.589. The average Bonchev–Trinajstić information content (AvgIpc) is 2.85. The Morgan fingerprint density at radius 1 is 1.00 bits per heavy atom. The van der Waals surface area contributed by atoms with Crippen LogP contribution in [0.4, 0.5) is 0 Å². The van der Waals surface area contributed by atoms with Crippen molar-refractivity contribution in [2.75, 3.05) is 0 Å². The summed E-state index contributed by atoms with van der Waals surface area (Å²) < 4.78 is 26.7. The molecule has 0 bridgehead atoms. The van der Waals surface area contributed by atoms with Crippen LogP contribution in [0.2, 0.25) is 0 Å². The van der Waals surface area contributed by atoms with Gasteiger partial charge in [0.1, 0.15) is 0 Å². The van der Waals surface area contributed by atoms with Gasteiger partial charge in [-0.15, -0.1) is 0 Å². The molecule has 0 amide bonds. The van der Waals surface area contributed by atoms with Crippen LogP contribution in [0.3, 0.4) is 0 Å². The summed E-state index contributed by atoms with van der Waals surface area (Å²) in [7, 11) is -3.58. The van der Waals surface area contributed by atoms with Gasteiger partial charge in [0.05, 0.1) is 15.9 Å². The van der Waals surface area contributed by atoms with Crippen LogP contribution in [-0.2, 0) is 10.0 Å². The third kappa shape index (κ3) is 1.91. The van der Waals surface area contributed by atoms with Crippen molar-refractivity contribution in [2.45, 2.75) is 18.7 Å². The molecule has 1 aromatic carbocycles. The highest BCUT2D eigenvalue weighted by Gasteiger charge is 2.19. The molecule has 0 spiro atoms. The van der Waals surface area contributed by atoms with Gasteiger partial charge >= 0.3 is 0 Å². The Bertz CT molecular complexity index is 878. The van der Waals surface area contributed by atoms with Crippen molar-refractivity contribution < 1.29 is 8.42 Å². The van der Waals surface area contributed by atoms with Gasteiger partial charge in [-0.3, -0.25) is 4.98 Å². The number of aryl methyl sites for hydroxylation is 2. The first-order chi connectivity index (χ1) is 9.50. The first kappa shape index (κ1) is 12.9. The molecule has 0 aliphatic carbocycles. The summed E-state index contributed by atoms with van der Waals surface area (Å²) >= 11 is 0. The Hall–Kier alpha value is -2.14. The summed E-state index contributed by atoms with van der Waals surface area (Å²) in [5.41, 5.74) is 3.23. The third-order valence-corrected chi connectivity index (χ3v) is 5.01. The summed E-state index contributed by atoms with van der Waals surface area (Å²) in [6.07, 6.45) is 3.24. The number of nitrogens with zero attached hydrogens (tertiary/aromatic N) is 2. The largest absolute Gasteiger partial charge is 0.268 e. The molecule has 0 atom stereocenters. The highest BCUT2D eigenvalue weighted by atomic mass is 32.2. The molecule has 20 heavy (non-hydrogen) atoms. The fraction of sp³-hybridized carbons (Fsp3) is 0.133. The Balaban J connectivity index is 2.27. The van der Waals surface area contributed by atoms with E-state index in [0.717, 1.165) is 11.1 Å². The molecule has 0 fully saturated rings. The first-order valence-electron chi connectivity index (χ1n) is 6.25. The molecule has 0 radical (unpaired) electrons. The molecule has 3 rings (SSSR count). The Labute approximate surface area is 117 Å². The Morgan fingerprint density at radius 3 is 2.40 bits per heavy atom. The van der Waals surface area contributed by atoms with Gasteiger partial charge in [0.25, 0.3) is 10.0 Å². The van der Waals surface area contributed by atoms with E-state index in [0.29, 0.717) is 11.0 Å². The van der Waals surface area contributed by atoms with Crippen molar-refractivity contribution in [3.05, 3.63) is 59.9 Å². The van der Waals surface area contributed by atoms with Crippen molar-refractivity contribution in [1.29, 1.82) is 0 Å². The molecular weight excluding hydrogens is 272 g/mol. The van der Waals surface area contributed by atoms with Crippen molar-refractivity contribution in [2.24, 2.45) is 0 Å². The van der Waals surface area contributed by atoms with Crippen LogP contribution in [0.5, 0.6) is 0 Å². The summed E-state index contributed by atoms with van der Waals surface area (Å²) in [5, 5.41) is 0. The van der Waals surface area contributed by atoms with E-state index in [-0.39, 0.29) is 4.90 Å². The Morgan fingerprint density at radius 2 is 1.70 bits per heavy atom. The second-order valence-corrected chi connectivity index (χ2v) is 6.61. The number of fused-ring (bicyclic) bond motifs is 1.